The molecule has 0 aliphatic heterocycles. The van der Waals surface area contributed by atoms with Crippen LogP contribution in [0.25, 0.3) is 0 Å². The minimum Gasteiger partial charge on any atom is -0.409 e. The van der Waals surface area contributed by atoms with Crippen molar-refractivity contribution in [2.24, 2.45) is 16.8 Å². The maximum absolute atomic E-state index is 8.46. The summed E-state index contributed by atoms with van der Waals surface area (Å²) in [5.74, 6) is 1.21. The zero-order valence-electron chi connectivity index (χ0n) is 9.58. The van der Waals surface area contributed by atoms with Gasteiger partial charge in [0.1, 0.15) is 0 Å². The average molecular weight is 213 g/mol. The first-order chi connectivity index (χ1) is 7.24. The van der Waals surface area contributed by atoms with Crippen LogP contribution in [0.15, 0.2) is 5.16 Å². The van der Waals surface area contributed by atoms with Crippen LogP contribution in [0.2, 0.25) is 0 Å². The highest BCUT2D eigenvalue weighted by atomic mass is 16.4. The van der Waals surface area contributed by atoms with Crippen LogP contribution in [-0.4, -0.2) is 23.6 Å². The number of hydrogen-bond acceptors (Lipinski definition) is 3. The van der Waals surface area contributed by atoms with Crippen LogP contribution < -0.4 is 11.1 Å². The molecule has 4 heteroatoms. The van der Waals surface area contributed by atoms with Gasteiger partial charge in [0.15, 0.2) is 5.84 Å². The lowest BCUT2D eigenvalue weighted by molar-refractivity contribution is 0.315. The van der Waals surface area contributed by atoms with E-state index in [9.17, 15) is 0 Å². The van der Waals surface area contributed by atoms with Gasteiger partial charge in [-0.1, -0.05) is 30.8 Å². The summed E-state index contributed by atoms with van der Waals surface area (Å²) in [6.45, 7) is 2.86. The van der Waals surface area contributed by atoms with Crippen LogP contribution in [0, 0.1) is 5.92 Å². The van der Waals surface area contributed by atoms with Crippen molar-refractivity contribution >= 4 is 5.84 Å². The normalized spacial score (nSPS) is 20.7. The summed E-state index contributed by atoms with van der Waals surface area (Å²) in [4.78, 5) is 0. The van der Waals surface area contributed by atoms with Crippen molar-refractivity contribution in [1.29, 1.82) is 0 Å². The first-order valence-corrected chi connectivity index (χ1v) is 5.95. The number of nitrogens with zero attached hydrogens (tertiary/aromatic N) is 1. The summed E-state index contributed by atoms with van der Waals surface area (Å²) >= 11 is 0. The highest BCUT2D eigenvalue weighted by molar-refractivity contribution is 5.84. The van der Waals surface area contributed by atoms with E-state index in [1.54, 1.807) is 0 Å². The van der Waals surface area contributed by atoms with Crippen molar-refractivity contribution in [3.05, 3.63) is 0 Å². The molecule has 0 aromatic carbocycles. The number of oxime groups is 1. The lowest BCUT2D eigenvalue weighted by Crippen LogP contribution is -2.39. The SMILES string of the molecule is CC(NCCCC1CCCC1)C(N)=NO. The molecular formula is C11H23N3O. The van der Waals surface area contributed by atoms with Crippen molar-refractivity contribution in [3.8, 4) is 0 Å². The van der Waals surface area contributed by atoms with E-state index in [-0.39, 0.29) is 11.9 Å². The van der Waals surface area contributed by atoms with Crippen LogP contribution in [0.4, 0.5) is 0 Å². The molecule has 0 bridgehead atoms. The van der Waals surface area contributed by atoms with Crippen molar-refractivity contribution in [2.75, 3.05) is 6.54 Å². The average Bonchev–Trinajstić information content (AvgIpc) is 2.75. The Bertz CT molecular complexity index is 200. The van der Waals surface area contributed by atoms with E-state index in [0.717, 1.165) is 12.5 Å². The third kappa shape index (κ3) is 4.51. The molecule has 0 spiro atoms. The van der Waals surface area contributed by atoms with Crippen molar-refractivity contribution in [3.63, 3.8) is 0 Å². The monoisotopic (exact) mass is 213 g/mol. The zero-order chi connectivity index (χ0) is 11.1. The molecule has 1 unspecified atom stereocenters. The summed E-state index contributed by atoms with van der Waals surface area (Å²) in [7, 11) is 0. The molecule has 0 amide bonds. The Hall–Kier alpha value is -0.770. The summed E-state index contributed by atoms with van der Waals surface area (Å²) in [6.07, 6.45) is 8.16. The van der Waals surface area contributed by atoms with Crippen LogP contribution in [0.5, 0.6) is 0 Å². The van der Waals surface area contributed by atoms with Gasteiger partial charge in [0.2, 0.25) is 0 Å². The van der Waals surface area contributed by atoms with Gasteiger partial charge < -0.3 is 16.3 Å². The number of hydrogen-bond donors (Lipinski definition) is 3. The number of nitrogens with one attached hydrogen (secondary N) is 1. The Morgan fingerprint density at radius 1 is 1.53 bits per heavy atom. The highest BCUT2D eigenvalue weighted by Crippen LogP contribution is 2.28. The Balaban J connectivity index is 2.00. The number of nitrogens with two attached hydrogens (primary N) is 1. The van der Waals surface area contributed by atoms with Gasteiger partial charge in [-0.25, -0.2) is 0 Å². The predicted molar refractivity (Wildman–Crippen MR) is 62.1 cm³/mol. The molecule has 15 heavy (non-hydrogen) atoms. The van der Waals surface area contributed by atoms with Crippen LogP contribution in [-0.2, 0) is 0 Å². The third-order valence-corrected chi connectivity index (χ3v) is 3.27. The summed E-state index contributed by atoms with van der Waals surface area (Å²) < 4.78 is 0. The summed E-state index contributed by atoms with van der Waals surface area (Å²) in [6, 6.07) is -0.0291. The third-order valence-electron chi connectivity index (χ3n) is 3.27. The molecule has 0 aromatic rings. The van der Waals surface area contributed by atoms with E-state index in [4.69, 9.17) is 10.9 Å². The Morgan fingerprint density at radius 2 is 2.20 bits per heavy atom. The lowest BCUT2D eigenvalue weighted by atomic mass is 10.0. The second-order valence-corrected chi connectivity index (χ2v) is 4.49. The van der Waals surface area contributed by atoms with Crippen LogP contribution in [0.3, 0.4) is 0 Å². The standard InChI is InChI=1S/C11H23N3O/c1-9(11(12)14-15)13-8-4-7-10-5-2-3-6-10/h9-10,13,15H,2-8H2,1H3,(H2,12,14). The molecule has 4 nitrogen and oxygen atoms in total. The molecule has 1 fully saturated rings. The molecule has 0 heterocycles. The Labute approximate surface area is 91.9 Å². The molecule has 88 valence electrons. The van der Waals surface area contributed by atoms with Gasteiger partial charge in [-0.2, -0.15) is 0 Å². The fourth-order valence-corrected chi connectivity index (χ4v) is 2.20. The molecular weight excluding hydrogens is 190 g/mol. The zero-order valence-corrected chi connectivity index (χ0v) is 9.58. The molecule has 1 rings (SSSR count). The molecule has 0 radical (unpaired) electrons. The second-order valence-electron chi connectivity index (χ2n) is 4.49. The minimum absolute atomic E-state index is 0.0291. The molecule has 1 saturated carbocycles. The van der Waals surface area contributed by atoms with E-state index in [2.05, 4.69) is 10.5 Å². The Kier molecular flexibility index (Phi) is 5.47. The molecule has 1 atom stereocenters. The number of rotatable bonds is 6. The quantitative estimate of drug-likeness (QED) is 0.207. The summed E-state index contributed by atoms with van der Waals surface area (Å²) in [5, 5.41) is 14.7. The highest BCUT2D eigenvalue weighted by Gasteiger charge is 2.14. The number of amidine groups is 1. The minimum atomic E-state index is -0.0291. The van der Waals surface area contributed by atoms with E-state index in [0.29, 0.717) is 0 Å². The largest absolute Gasteiger partial charge is 0.409 e. The lowest BCUT2D eigenvalue weighted by Gasteiger charge is -2.13. The van der Waals surface area contributed by atoms with Crippen molar-refractivity contribution in [2.45, 2.75) is 51.5 Å². The first kappa shape index (κ1) is 12.3. The van der Waals surface area contributed by atoms with Gasteiger partial charge in [0.05, 0.1) is 6.04 Å². The maximum atomic E-state index is 8.46. The van der Waals surface area contributed by atoms with Gasteiger partial charge in [-0.3, -0.25) is 0 Å². The van der Waals surface area contributed by atoms with Crippen LogP contribution in [0.1, 0.15) is 45.4 Å². The van der Waals surface area contributed by atoms with Gasteiger partial charge in [-0.15, -0.1) is 0 Å². The topological polar surface area (TPSA) is 70.6 Å². The second kappa shape index (κ2) is 6.67. The fourth-order valence-electron chi connectivity index (χ4n) is 2.20. The maximum Gasteiger partial charge on any atom is 0.156 e. The first-order valence-electron chi connectivity index (χ1n) is 5.95. The summed E-state index contributed by atoms with van der Waals surface area (Å²) in [5.41, 5.74) is 5.46. The van der Waals surface area contributed by atoms with Crippen molar-refractivity contribution < 1.29 is 5.21 Å². The van der Waals surface area contributed by atoms with E-state index in [1.165, 1.54) is 38.5 Å². The van der Waals surface area contributed by atoms with Gasteiger partial charge in [-0.05, 0) is 32.2 Å². The predicted octanol–water partition coefficient (Wildman–Crippen LogP) is 1.68. The molecule has 4 N–H and O–H groups in total. The van der Waals surface area contributed by atoms with Crippen LogP contribution >= 0.6 is 0 Å². The molecule has 1 aliphatic carbocycles. The van der Waals surface area contributed by atoms with E-state index >= 15 is 0 Å². The van der Waals surface area contributed by atoms with Gasteiger partial charge >= 0.3 is 0 Å². The van der Waals surface area contributed by atoms with E-state index in [1.807, 2.05) is 6.92 Å². The fraction of sp³-hybridized carbons (Fsp3) is 0.909. The molecule has 0 aromatic heterocycles. The molecule has 1 aliphatic rings. The van der Waals surface area contributed by atoms with Gasteiger partial charge in [0.25, 0.3) is 0 Å². The van der Waals surface area contributed by atoms with Gasteiger partial charge in [0, 0.05) is 0 Å². The van der Waals surface area contributed by atoms with Crippen molar-refractivity contribution in [1.82, 2.24) is 5.32 Å². The Morgan fingerprint density at radius 3 is 2.80 bits per heavy atom. The van der Waals surface area contributed by atoms with E-state index < -0.39 is 0 Å². The molecule has 0 saturated heterocycles. The smallest absolute Gasteiger partial charge is 0.156 e.